The van der Waals surface area contributed by atoms with Crippen LogP contribution in [0.1, 0.15) is 43.7 Å². The van der Waals surface area contributed by atoms with E-state index >= 15 is 0 Å². The third kappa shape index (κ3) is 6.96. The molecule has 0 unspecified atom stereocenters. The highest BCUT2D eigenvalue weighted by atomic mass is 35.5. The molecule has 1 N–H and O–H groups in total. The van der Waals surface area contributed by atoms with Crippen molar-refractivity contribution in [1.29, 1.82) is 0 Å². The standard InChI is InChI=1S/C25H32ClN3O4S/c1-18-11-13-23(14-12-18)29(34(3,32)33)17-24(30)28(16-20-7-6-8-21(26)15-20)19(2)25(31)27-22-9-4-5-10-22/h6-8,11-15,19,22H,4-5,9-10,16-17H2,1-3H3,(H,27,31)/t19-/m1/s1. The summed E-state index contributed by atoms with van der Waals surface area (Å²) in [7, 11) is -3.74. The minimum absolute atomic E-state index is 0.109. The van der Waals surface area contributed by atoms with Crippen molar-refractivity contribution in [3.8, 4) is 0 Å². The predicted octanol–water partition coefficient (Wildman–Crippen LogP) is 3.89. The number of benzene rings is 2. The zero-order valence-electron chi connectivity index (χ0n) is 19.8. The van der Waals surface area contributed by atoms with E-state index in [1.165, 1.54) is 4.90 Å². The number of carbonyl (C=O) groups excluding carboxylic acids is 2. The summed E-state index contributed by atoms with van der Waals surface area (Å²) in [5, 5.41) is 3.56. The highest BCUT2D eigenvalue weighted by Crippen LogP contribution is 2.21. The summed E-state index contributed by atoms with van der Waals surface area (Å²) in [4.78, 5) is 28.0. The van der Waals surface area contributed by atoms with Gasteiger partial charge in [-0.05, 0) is 56.5 Å². The summed E-state index contributed by atoms with van der Waals surface area (Å²) in [6, 6.07) is 13.3. The Morgan fingerprint density at radius 1 is 1.12 bits per heavy atom. The van der Waals surface area contributed by atoms with Crippen LogP contribution in [0.4, 0.5) is 5.69 Å². The van der Waals surface area contributed by atoms with Gasteiger partial charge < -0.3 is 10.2 Å². The summed E-state index contributed by atoms with van der Waals surface area (Å²) >= 11 is 6.13. The van der Waals surface area contributed by atoms with Gasteiger partial charge in [0.05, 0.1) is 11.9 Å². The highest BCUT2D eigenvalue weighted by molar-refractivity contribution is 7.92. The van der Waals surface area contributed by atoms with Crippen LogP contribution in [0, 0.1) is 6.92 Å². The van der Waals surface area contributed by atoms with Gasteiger partial charge in [0.1, 0.15) is 12.6 Å². The smallest absolute Gasteiger partial charge is 0.244 e. The Labute approximate surface area is 207 Å². The normalized spacial score (nSPS) is 15.1. The number of aryl methyl sites for hydroxylation is 1. The first-order valence-corrected chi connectivity index (χ1v) is 13.7. The van der Waals surface area contributed by atoms with Crippen molar-refractivity contribution in [2.45, 2.75) is 58.2 Å². The van der Waals surface area contributed by atoms with Crippen LogP contribution in [-0.4, -0.2) is 50.0 Å². The Morgan fingerprint density at radius 3 is 2.35 bits per heavy atom. The number of rotatable bonds is 9. The third-order valence-electron chi connectivity index (χ3n) is 6.11. The Kier molecular flexibility index (Phi) is 8.60. The molecule has 1 atom stereocenters. The average Bonchev–Trinajstić information content (AvgIpc) is 3.28. The van der Waals surface area contributed by atoms with Gasteiger partial charge in [-0.2, -0.15) is 0 Å². The second-order valence-electron chi connectivity index (χ2n) is 8.92. The number of anilines is 1. The zero-order chi connectivity index (χ0) is 24.9. The molecule has 0 saturated heterocycles. The van der Waals surface area contributed by atoms with Crippen LogP contribution in [0.15, 0.2) is 48.5 Å². The molecule has 2 amide bonds. The summed E-state index contributed by atoms with van der Waals surface area (Å²) in [6.45, 7) is 3.29. The molecule has 0 bridgehead atoms. The molecular weight excluding hydrogens is 474 g/mol. The van der Waals surface area contributed by atoms with E-state index in [0.717, 1.165) is 47.4 Å². The summed E-state index contributed by atoms with van der Waals surface area (Å²) < 4.78 is 26.2. The van der Waals surface area contributed by atoms with Crippen LogP contribution in [0.25, 0.3) is 0 Å². The van der Waals surface area contributed by atoms with Gasteiger partial charge in [0.25, 0.3) is 0 Å². The summed E-state index contributed by atoms with van der Waals surface area (Å²) in [5.74, 6) is -0.719. The van der Waals surface area contributed by atoms with Crippen LogP contribution in [0.2, 0.25) is 5.02 Å². The SMILES string of the molecule is Cc1ccc(N(CC(=O)N(Cc2cccc(Cl)c2)[C@H](C)C(=O)NC2CCCC2)S(C)(=O)=O)cc1. The lowest BCUT2D eigenvalue weighted by molar-refractivity contribution is -0.139. The number of sulfonamides is 1. The van der Waals surface area contributed by atoms with Gasteiger partial charge in [0, 0.05) is 17.6 Å². The minimum Gasteiger partial charge on any atom is -0.352 e. The maximum Gasteiger partial charge on any atom is 0.244 e. The van der Waals surface area contributed by atoms with Gasteiger partial charge in [-0.25, -0.2) is 8.42 Å². The summed E-state index contributed by atoms with van der Waals surface area (Å²) in [6.07, 6.45) is 5.07. The molecule has 1 aliphatic rings. The molecule has 0 spiro atoms. The van der Waals surface area contributed by atoms with Crippen molar-refractivity contribution in [2.24, 2.45) is 0 Å². The van der Waals surface area contributed by atoms with E-state index in [9.17, 15) is 18.0 Å². The Balaban J connectivity index is 1.87. The van der Waals surface area contributed by atoms with Crippen molar-refractivity contribution in [1.82, 2.24) is 10.2 Å². The largest absolute Gasteiger partial charge is 0.352 e. The number of amides is 2. The molecule has 7 nitrogen and oxygen atoms in total. The molecule has 184 valence electrons. The fourth-order valence-electron chi connectivity index (χ4n) is 4.13. The summed E-state index contributed by atoms with van der Waals surface area (Å²) in [5.41, 5.74) is 2.12. The number of hydrogen-bond acceptors (Lipinski definition) is 4. The maximum absolute atomic E-state index is 13.5. The molecule has 2 aromatic rings. The van der Waals surface area contributed by atoms with Crippen LogP contribution in [0.3, 0.4) is 0 Å². The van der Waals surface area contributed by atoms with Gasteiger partial charge in [-0.3, -0.25) is 13.9 Å². The molecule has 0 aliphatic heterocycles. The van der Waals surface area contributed by atoms with Gasteiger partial charge in [-0.15, -0.1) is 0 Å². The fraction of sp³-hybridized carbons (Fsp3) is 0.440. The maximum atomic E-state index is 13.5. The predicted molar refractivity (Wildman–Crippen MR) is 135 cm³/mol. The minimum atomic E-state index is -3.74. The van der Waals surface area contributed by atoms with E-state index < -0.39 is 28.5 Å². The highest BCUT2D eigenvalue weighted by Gasteiger charge is 2.31. The second kappa shape index (κ2) is 11.2. The van der Waals surface area contributed by atoms with Gasteiger partial charge in [0.2, 0.25) is 21.8 Å². The monoisotopic (exact) mass is 505 g/mol. The molecule has 2 aromatic carbocycles. The molecule has 0 radical (unpaired) electrons. The number of nitrogens with one attached hydrogen (secondary N) is 1. The van der Waals surface area contributed by atoms with Gasteiger partial charge in [-0.1, -0.05) is 54.3 Å². The molecule has 1 saturated carbocycles. The number of halogens is 1. The lowest BCUT2D eigenvalue weighted by Crippen LogP contribution is -2.52. The molecule has 1 fully saturated rings. The molecular formula is C25H32ClN3O4S. The molecule has 34 heavy (non-hydrogen) atoms. The van der Waals surface area contributed by atoms with Crippen LogP contribution >= 0.6 is 11.6 Å². The Hall–Kier alpha value is -2.58. The zero-order valence-corrected chi connectivity index (χ0v) is 21.4. The number of carbonyl (C=O) groups is 2. The molecule has 3 rings (SSSR count). The van der Waals surface area contributed by atoms with Gasteiger partial charge >= 0.3 is 0 Å². The topological polar surface area (TPSA) is 86.8 Å². The van der Waals surface area contributed by atoms with Crippen LogP contribution in [-0.2, 0) is 26.2 Å². The van der Waals surface area contributed by atoms with Crippen molar-refractivity contribution in [3.05, 3.63) is 64.7 Å². The number of hydrogen-bond donors (Lipinski definition) is 1. The first-order chi connectivity index (χ1) is 16.0. The average molecular weight is 506 g/mol. The van der Waals surface area contributed by atoms with Crippen molar-refractivity contribution in [2.75, 3.05) is 17.1 Å². The van der Waals surface area contributed by atoms with Gasteiger partial charge in [0.15, 0.2) is 0 Å². The van der Waals surface area contributed by atoms with Crippen LogP contribution < -0.4 is 9.62 Å². The lowest BCUT2D eigenvalue weighted by Gasteiger charge is -2.32. The second-order valence-corrected chi connectivity index (χ2v) is 11.3. The Bertz CT molecular complexity index is 1120. The van der Waals surface area contributed by atoms with Crippen LogP contribution in [0.5, 0.6) is 0 Å². The lowest BCUT2D eigenvalue weighted by atomic mass is 10.1. The van der Waals surface area contributed by atoms with Crippen molar-refractivity contribution >= 4 is 39.1 Å². The molecule has 9 heteroatoms. The molecule has 0 aromatic heterocycles. The first kappa shape index (κ1) is 26.0. The van der Waals surface area contributed by atoms with E-state index in [1.54, 1.807) is 49.4 Å². The van der Waals surface area contributed by atoms with E-state index in [0.29, 0.717) is 10.7 Å². The van der Waals surface area contributed by atoms with Crippen molar-refractivity contribution < 1.29 is 18.0 Å². The van der Waals surface area contributed by atoms with E-state index in [2.05, 4.69) is 5.32 Å². The van der Waals surface area contributed by atoms with E-state index in [1.807, 2.05) is 13.0 Å². The molecule has 1 aliphatic carbocycles. The van der Waals surface area contributed by atoms with Crippen molar-refractivity contribution in [3.63, 3.8) is 0 Å². The fourth-order valence-corrected chi connectivity index (χ4v) is 5.19. The Morgan fingerprint density at radius 2 is 1.76 bits per heavy atom. The number of nitrogens with zero attached hydrogens (tertiary/aromatic N) is 2. The third-order valence-corrected chi connectivity index (χ3v) is 7.49. The van der Waals surface area contributed by atoms with E-state index in [-0.39, 0.29) is 18.5 Å². The molecule has 0 heterocycles. The first-order valence-electron chi connectivity index (χ1n) is 11.4. The quantitative estimate of drug-likeness (QED) is 0.560. The van der Waals surface area contributed by atoms with E-state index in [4.69, 9.17) is 11.6 Å².